The molecular weight excluding hydrogens is 208 g/mol. The standard InChI is InChI=1S/C15H26N2/c1-3-5-6-7-8-11-16-13-15-14(4-2)10-9-12-17-15/h9-10,12,16H,3-8,11,13H2,1-2H3. The van der Waals surface area contributed by atoms with Crippen LogP contribution in [0.25, 0.3) is 0 Å². The van der Waals surface area contributed by atoms with Crippen molar-refractivity contribution in [3.05, 3.63) is 29.6 Å². The largest absolute Gasteiger partial charge is 0.311 e. The summed E-state index contributed by atoms with van der Waals surface area (Å²) in [5.41, 5.74) is 2.58. The van der Waals surface area contributed by atoms with Crippen molar-refractivity contribution in [1.29, 1.82) is 0 Å². The first-order valence-electron chi connectivity index (χ1n) is 7.02. The van der Waals surface area contributed by atoms with E-state index >= 15 is 0 Å². The van der Waals surface area contributed by atoms with E-state index < -0.39 is 0 Å². The van der Waals surface area contributed by atoms with Gasteiger partial charge in [0.2, 0.25) is 0 Å². The molecule has 0 bridgehead atoms. The maximum atomic E-state index is 4.43. The molecule has 96 valence electrons. The smallest absolute Gasteiger partial charge is 0.0573 e. The van der Waals surface area contributed by atoms with Crippen molar-refractivity contribution >= 4 is 0 Å². The molecule has 1 aromatic rings. The zero-order valence-electron chi connectivity index (χ0n) is 11.3. The van der Waals surface area contributed by atoms with Crippen LogP contribution in [0.5, 0.6) is 0 Å². The van der Waals surface area contributed by atoms with Crippen LogP contribution in [0, 0.1) is 0 Å². The van der Waals surface area contributed by atoms with Gasteiger partial charge in [-0.05, 0) is 31.0 Å². The summed E-state index contributed by atoms with van der Waals surface area (Å²) in [5.74, 6) is 0. The Morgan fingerprint density at radius 1 is 1.12 bits per heavy atom. The molecule has 2 nitrogen and oxygen atoms in total. The minimum Gasteiger partial charge on any atom is -0.311 e. The SMILES string of the molecule is CCCCCCCNCc1ncccc1CC. The van der Waals surface area contributed by atoms with Gasteiger partial charge in [0.05, 0.1) is 5.69 Å². The number of aromatic nitrogens is 1. The van der Waals surface area contributed by atoms with Gasteiger partial charge in [-0.1, -0.05) is 45.6 Å². The minimum atomic E-state index is 0.914. The van der Waals surface area contributed by atoms with Crippen LogP contribution in [0.15, 0.2) is 18.3 Å². The fraction of sp³-hybridized carbons (Fsp3) is 0.667. The quantitative estimate of drug-likeness (QED) is 0.659. The Bertz CT molecular complexity index is 297. The molecule has 0 aliphatic carbocycles. The normalized spacial score (nSPS) is 10.7. The Morgan fingerprint density at radius 3 is 2.71 bits per heavy atom. The first kappa shape index (κ1) is 14.2. The molecular formula is C15H26N2. The summed E-state index contributed by atoms with van der Waals surface area (Å²) < 4.78 is 0. The van der Waals surface area contributed by atoms with E-state index in [4.69, 9.17) is 0 Å². The molecule has 1 N–H and O–H groups in total. The van der Waals surface area contributed by atoms with Crippen molar-refractivity contribution in [2.24, 2.45) is 0 Å². The van der Waals surface area contributed by atoms with Gasteiger partial charge >= 0.3 is 0 Å². The Morgan fingerprint density at radius 2 is 1.94 bits per heavy atom. The van der Waals surface area contributed by atoms with Crippen molar-refractivity contribution in [3.8, 4) is 0 Å². The van der Waals surface area contributed by atoms with Gasteiger partial charge in [0, 0.05) is 12.7 Å². The highest BCUT2D eigenvalue weighted by molar-refractivity contribution is 5.19. The van der Waals surface area contributed by atoms with Gasteiger partial charge in [-0.3, -0.25) is 4.98 Å². The van der Waals surface area contributed by atoms with Crippen LogP contribution in [0.1, 0.15) is 57.2 Å². The van der Waals surface area contributed by atoms with Gasteiger partial charge in [-0.25, -0.2) is 0 Å². The van der Waals surface area contributed by atoms with Crippen LogP contribution < -0.4 is 5.32 Å². The second kappa shape index (κ2) is 9.17. The number of unbranched alkanes of at least 4 members (excludes halogenated alkanes) is 4. The first-order chi connectivity index (χ1) is 8.38. The molecule has 0 saturated heterocycles. The number of pyridine rings is 1. The summed E-state index contributed by atoms with van der Waals surface area (Å²) in [6, 6.07) is 4.19. The van der Waals surface area contributed by atoms with E-state index in [1.165, 1.54) is 43.4 Å². The zero-order chi connectivity index (χ0) is 12.3. The van der Waals surface area contributed by atoms with E-state index in [9.17, 15) is 0 Å². The van der Waals surface area contributed by atoms with Crippen molar-refractivity contribution in [1.82, 2.24) is 10.3 Å². The number of hydrogen-bond donors (Lipinski definition) is 1. The molecule has 0 saturated carbocycles. The Hall–Kier alpha value is -0.890. The maximum absolute atomic E-state index is 4.43. The Kier molecular flexibility index (Phi) is 7.65. The minimum absolute atomic E-state index is 0.914. The van der Waals surface area contributed by atoms with Crippen LogP contribution >= 0.6 is 0 Å². The molecule has 0 aliphatic rings. The molecule has 1 rings (SSSR count). The van der Waals surface area contributed by atoms with Crippen LogP contribution in [-0.4, -0.2) is 11.5 Å². The second-order valence-electron chi connectivity index (χ2n) is 4.55. The summed E-state index contributed by atoms with van der Waals surface area (Å²) in [4.78, 5) is 4.43. The first-order valence-corrected chi connectivity index (χ1v) is 7.02. The highest BCUT2D eigenvalue weighted by Gasteiger charge is 2.00. The average Bonchev–Trinajstić information content (AvgIpc) is 2.38. The van der Waals surface area contributed by atoms with E-state index in [0.29, 0.717) is 0 Å². The molecule has 0 aromatic carbocycles. The lowest BCUT2D eigenvalue weighted by molar-refractivity contribution is 0.578. The number of rotatable bonds is 9. The van der Waals surface area contributed by atoms with E-state index in [-0.39, 0.29) is 0 Å². The predicted octanol–water partition coefficient (Wildman–Crippen LogP) is 3.70. The number of nitrogens with zero attached hydrogens (tertiary/aromatic N) is 1. The predicted molar refractivity (Wildman–Crippen MR) is 74.1 cm³/mol. The summed E-state index contributed by atoms with van der Waals surface area (Å²) in [7, 11) is 0. The summed E-state index contributed by atoms with van der Waals surface area (Å²) in [6.07, 6.45) is 9.67. The summed E-state index contributed by atoms with van der Waals surface area (Å²) in [6.45, 7) is 6.47. The number of aryl methyl sites for hydroxylation is 1. The molecule has 1 heterocycles. The van der Waals surface area contributed by atoms with Crippen LogP contribution in [0.2, 0.25) is 0 Å². The fourth-order valence-electron chi connectivity index (χ4n) is 2.01. The lowest BCUT2D eigenvalue weighted by Crippen LogP contribution is -2.16. The number of hydrogen-bond acceptors (Lipinski definition) is 2. The Balaban J connectivity index is 2.13. The molecule has 0 radical (unpaired) electrons. The van der Waals surface area contributed by atoms with E-state index in [1.807, 2.05) is 12.3 Å². The zero-order valence-corrected chi connectivity index (χ0v) is 11.3. The monoisotopic (exact) mass is 234 g/mol. The molecule has 0 unspecified atom stereocenters. The second-order valence-corrected chi connectivity index (χ2v) is 4.55. The summed E-state index contributed by atoms with van der Waals surface area (Å²) in [5, 5.41) is 3.49. The van der Waals surface area contributed by atoms with Crippen molar-refractivity contribution in [3.63, 3.8) is 0 Å². The van der Waals surface area contributed by atoms with E-state index in [0.717, 1.165) is 19.5 Å². The van der Waals surface area contributed by atoms with Crippen molar-refractivity contribution in [2.45, 2.75) is 58.9 Å². The van der Waals surface area contributed by atoms with Gasteiger partial charge in [0.25, 0.3) is 0 Å². The lowest BCUT2D eigenvalue weighted by atomic mass is 10.1. The number of nitrogens with one attached hydrogen (secondary N) is 1. The third-order valence-electron chi connectivity index (χ3n) is 3.11. The van der Waals surface area contributed by atoms with Gasteiger partial charge in [0.1, 0.15) is 0 Å². The van der Waals surface area contributed by atoms with Gasteiger partial charge < -0.3 is 5.32 Å². The molecule has 0 amide bonds. The molecule has 1 aromatic heterocycles. The Labute approximate surface area is 106 Å². The molecule has 0 atom stereocenters. The van der Waals surface area contributed by atoms with Crippen molar-refractivity contribution < 1.29 is 0 Å². The van der Waals surface area contributed by atoms with Gasteiger partial charge in [-0.15, -0.1) is 0 Å². The van der Waals surface area contributed by atoms with Crippen LogP contribution in [0.3, 0.4) is 0 Å². The summed E-state index contributed by atoms with van der Waals surface area (Å²) >= 11 is 0. The third kappa shape index (κ3) is 5.83. The highest BCUT2D eigenvalue weighted by Crippen LogP contribution is 2.06. The van der Waals surface area contributed by atoms with Gasteiger partial charge in [-0.2, -0.15) is 0 Å². The van der Waals surface area contributed by atoms with E-state index in [1.54, 1.807) is 0 Å². The molecule has 0 fully saturated rings. The molecule has 17 heavy (non-hydrogen) atoms. The highest BCUT2D eigenvalue weighted by atomic mass is 14.9. The molecule has 0 spiro atoms. The maximum Gasteiger partial charge on any atom is 0.0573 e. The van der Waals surface area contributed by atoms with Crippen LogP contribution in [0.4, 0.5) is 0 Å². The fourth-order valence-corrected chi connectivity index (χ4v) is 2.01. The van der Waals surface area contributed by atoms with E-state index in [2.05, 4.69) is 30.2 Å². The molecule has 0 aliphatic heterocycles. The average molecular weight is 234 g/mol. The topological polar surface area (TPSA) is 24.9 Å². The lowest BCUT2D eigenvalue weighted by Gasteiger charge is -2.07. The molecule has 2 heteroatoms. The van der Waals surface area contributed by atoms with Gasteiger partial charge in [0.15, 0.2) is 0 Å². The third-order valence-corrected chi connectivity index (χ3v) is 3.11. The van der Waals surface area contributed by atoms with Crippen molar-refractivity contribution in [2.75, 3.05) is 6.54 Å². The van der Waals surface area contributed by atoms with Crippen LogP contribution in [-0.2, 0) is 13.0 Å².